The monoisotopic (exact) mass is 149 g/mol. The molecule has 0 saturated carbocycles. The number of hydrogen-bond acceptors (Lipinski definition) is 4. The topological polar surface area (TPSA) is 58.6 Å². The van der Waals surface area contributed by atoms with Crippen molar-refractivity contribution in [2.24, 2.45) is 0 Å². The largest absolute Gasteiger partial charge is 0.507 e. The number of rotatable bonds is 1. The number of ether oxygens (including phenoxy) is 1. The van der Waals surface area contributed by atoms with Crippen molar-refractivity contribution in [3.8, 4) is 0 Å². The van der Waals surface area contributed by atoms with Gasteiger partial charge in [0.05, 0.1) is 0 Å². The first-order valence-electron chi connectivity index (χ1n) is 2.50. The van der Waals surface area contributed by atoms with E-state index in [-0.39, 0.29) is 6.23 Å². The summed E-state index contributed by atoms with van der Waals surface area (Å²) in [5.74, 6) is 1.49. The molecule has 1 aliphatic heterocycles. The molecule has 0 bridgehead atoms. The summed E-state index contributed by atoms with van der Waals surface area (Å²) in [6, 6.07) is 0. The first kappa shape index (κ1) is 6.70. The highest BCUT2D eigenvalue weighted by molar-refractivity contribution is 7.99. The predicted octanol–water partition coefficient (Wildman–Crippen LogP) is 0.301. The molecule has 4 nitrogen and oxygen atoms in total. The van der Waals surface area contributed by atoms with Crippen LogP contribution in [0.3, 0.4) is 0 Å². The van der Waals surface area contributed by atoms with Gasteiger partial charge in [-0.05, 0) is 0 Å². The minimum atomic E-state index is -1.21. The van der Waals surface area contributed by atoms with Gasteiger partial charge in [-0.2, -0.15) is 0 Å². The third kappa shape index (κ3) is 2.11. The average molecular weight is 149 g/mol. The fraction of sp³-hybridized carbons (Fsp3) is 0.750. The Bertz CT molecular complexity index is 112. The molecule has 9 heavy (non-hydrogen) atoms. The van der Waals surface area contributed by atoms with Gasteiger partial charge in [-0.3, -0.25) is 5.32 Å². The van der Waals surface area contributed by atoms with Gasteiger partial charge in [0.15, 0.2) is 6.23 Å². The van der Waals surface area contributed by atoms with Gasteiger partial charge in [0.2, 0.25) is 0 Å². The molecule has 1 saturated heterocycles. The molecule has 52 valence electrons. The summed E-state index contributed by atoms with van der Waals surface area (Å²) in [7, 11) is 0. The van der Waals surface area contributed by atoms with E-state index in [1.807, 2.05) is 0 Å². The van der Waals surface area contributed by atoms with Crippen LogP contribution in [0.15, 0.2) is 0 Å². The summed E-state index contributed by atoms with van der Waals surface area (Å²) < 4.78 is 4.40. The van der Waals surface area contributed by atoms with E-state index in [4.69, 9.17) is 5.11 Å². The summed E-state index contributed by atoms with van der Waals surface area (Å²) >= 11 is 1.62. The van der Waals surface area contributed by atoms with Gasteiger partial charge < -0.3 is 9.84 Å². The predicted molar refractivity (Wildman–Crippen MR) is 33.4 cm³/mol. The lowest BCUT2D eigenvalue weighted by atomic mass is 10.7. The molecule has 0 aromatic rings. The second-order valence-electron chi connectivity index (χ2n) is 1.59. The van der Waals surface area contributed by atoms with Crippen LogP contribution in [0.1, 0.15) is 0 Å². The van der Waals surface area contributed by atoms with Crippen LogP contribution in [0, 0.1) is 0 Å². The summed E-state index contributed by atoms with van der Waals surface area (Å²) in [6.07, 6.45) is -1.51. The molecule has 1 atom stereocenters. The normalized spacial score (nSPS) is 26.0. The second-order valence-corrected chi connectivity index (χ2v) is 2.62. The van der Waals surface area contributed by atoms with E-state index in [2.05, 4.69) is 10.1 Å². The standard InChI is InChI=1S/C4H7NO3S/c6-4(7)8-3-1-9-2-5-3/h3,5H,1-2H2,(H,6,7)/t3-/m0/s1. The molecule has 2 N–H and O–H groups in total. The van der Waals surface area contributed by atoms with E-state index in [0.29, 0.717) is 5.75 Å². The van der Waals surface area contributed by atoms with Gasteiger partial charge in [-0.1, -0.05) is 0 Å². The summed E-state index contributed by atoms with van der Waals surface area (Å²) in [4.78, 5) is 9.88. The zero-order chi connectivity index (χ0) is 6.69. The van der Waals surface area contributed by atoms with Crippen molar-refractivity contribution in [1.82, 2.24) is 5.32 Å². The molecule has 0 aliphatic carbocycles. The third-order valence-electron chi connectivity index (χ3n) is 0.925. The minimum absolute atomic E-state index is 0.299. The molecule has 1 heterocycles. The number of nitrogens with one attached hydrogen (secondary N) is 1. The van der Waals surface area contributed by atoms with Gasteiger partial charge >= 0.3 is 6.16 Å². The molecule has 1 aliphatic rings. The molecular formula is C4H7NO3S. The number of carbonyl (C=O) groups is 1. The molecule has 0 radical (unpaired) electrons. The zero-order valence-corrected chi connectivity index (χ0v) is 5.48. The van der Waals surface area contributed by atoms with Crippen LogP contribution < -0.4 is 5.32 Å². The SMILES string of the molecule is O=C(O)O[C@H]1CSCN1. The molecule has 0 unspecified atom stereocenters. The first-order chi connectivity index (χ1) is 4.29. The summed E-state index contributed by atoms with van der Waals surface area (Å²) in [5.41, 5.74) is 0. The Morgan fingerprint density at radius 2 is 2.67 bits per heavy atom. The van der Waals surface area contributed by atoms with Crippen LogP contribution >= 0.6 is 11.8 Å². The number of carboxylic acid groups (broad SMARTS) is 1. The summed E-state index contributed by atoms with van der Waals surface area (Å²) in [5, 5.41) is 11.0. The summed E-state index contributed by atoms with van der Waals surface area (Å²) in [6.45, 7) is 0. The zero-order valence-electron chi connectivity index (χ0n) is 4.66. The molecule has 0 aromatic carbocycles. The molecule has 1 rings (SSSR count). The Hall–Kier alpha value is -0.420. The molecule has 1 fully saturated rings. The van der Waals surface area contributed by atoms with Crippen molar-refractivity contribution < 1.29 is 14.6 Å². The maximum Gasteiger partial charge on any atom is 0.507 e. The van der Waals surface area contributed by atoms with Crippen LogP contribution in [-0.2, 0) is 4.74 Å². The van der Waals surface area contributed by atoms with E-state index >= 15 is 0 Å². The highest BCUT2D eigenvalue weighted by Gasteiger charge is 2.17. The Kier molecular flexibility index (Phi) is 2.18. The first-order valence-corrected chi connectivity index (χ1v) is 3.65. The van der Waals surface area contributed by atoms with Gasteiger partial charge in [0.1, 0.15) is 0 Å². The lowest BCUT2D eigenvalue weighted by molar-refractivity contribution is 0.0525. The maximum absolute atomic E-state index is 9.88. The fourth-order valence-corrected chi connectivity index (χ4v) is 1.40. The molecule has 5 heteroatoms. The second kappa shape index (κ2) is 2.93. The highest BCUT2D eigenvalue weighted by Crippen LogP contribution is 2.09. The number of hydrogen-bond donors (Lipinski definition) is 2. The average Bonchev–Trinajstić information content (AvgIpc) is 2.15. The van der Waals surface area contributed by atoms with Crippen molar-refractivity contribution in [2.45, 2.75) is 6.23 Å². The fourth-order valence-electron chi connectivity index (χ4n) is 0.574. The Morgan fingerprint density at radius 3 is 3.11 bits per heavy atom. The van der Waals surface area contributed by atoms with Gasteiger partial charge in [-0.25, -0.2) is 4.79 Å². The van der Waals surface area contributed by atoms with Crippen LogP contribution in [0.2, 0.25) is 0 Å². The molecule has 0 amide bonds. The van der Waals surface area contributed by atoms with Gasteiger partial charge in [-0.15, -0.1) is 11.8 Å². The third-order valence-corrected chi connectivity index (χ3v) is 1.83. The Morgan fingerprint density at radius 1 is 1.89 bits per heavy atom. The van der Waals surface area contributed by atoms with Gasteiger partial charge in [0.25, 0.3) is 0 Å². The van der Waals surface area contributed by atoms with E-state index in [1.165, 1.54) is 0 Å². The van der Waals surface area contributed by atoms with Crippen molar-refractivity contribution in [2.75, 3.05) is 11.6 Å². The van der Waals surface area contributed by atoms with Crippen LogP contribution in [0.25, 0.3) is 0 Å². The van der Waals surface area contributed by atoms with Crippen molar-refractivity contribution in [1.29, 1.82) is 0 Å². The van der Waals surface area contributed by atoms with E-state index in [9.17, 15) is 4.79 Å². The van der Waals surface area contributed by atoms with Crippen LogP contribution in [-0.4, -0.2) is 29.1 Å². The Balaban J connectivity index is 2.19. The van der Waals surface area contributed by atoms with Crippen molar-refractivity contribution in [3.05, 3.63) is 0 Å². The lowest BCUT2D eigenvalue weighted by Gasteiger charge is -2.05. The minimum Gasteiger partial charge on any atom is -0.450 e. The maximum atomic E-state index is 9.88. The number of thioether (sulfide) groups is 1. The van der Waals surface area contributed by atoms with E-state index in [0.717, 1.165) is 5.88 Å². The van der Waals surface area contributed by atoms with Crippen LogP contribution in [0.4, 0.5) is 4.79 Å². The highest BCUT2D eigenvalue weighted by atomic mass is 32.2. The Labute approximate surface area is 56.6 Å². The molecule has 0 spiro atoms. The van der Waals surface area contributed by atoms with Crippen molar-refractivity contribution in [3.63, 3.8) is 0 Å². The van der Waals surface area contributed by atoms with Crippen LogP contribution in [0.5, 0.6) is 0 Å². The van der Waals surface area contributed by atoms with Crippen molar-refractivity contribution >= 4 is 17.9 Å². The quantitative estimate of drug-likeness (QED) is 0.525. The molecule has 0 aromatic heterocycles. The smallest absolute Gasteiger partial charge is 0.450 e. The van der Waals surface area contributed by atoms with E-state index < -0.39 is 6.16 Å². The molecular weight excluding hydrogens is 142 g/mol. The van der Waals surface area contributed by atoms with E-state index in [1.54, 1.807) is 11.8 Å². The lowest BCUT2D eigenvalue weighted by Crippen LogP contribution is -2.28. The van der Waals surface area contributed by atoms with Gasteiger partial charge in [0, 0.05) is 11.6 Å².